The van der Waals surface area contributed by atoms with Crippen LogP contribution in [0.2, 0.25) is 0 Å². The third kappa shape index (κ3) is 8.52. The summed E-state index contributed by atoms with van der Waals surface area (Å²) in [5.74, 6) is -0.452. The molecule has 6 aromatic carbocycles. The highest BCUT2D eigenvalue weighted by atomic mass is 32.2. The van der Waals surface area contributed by atoms with Gasteiger partial charge in [0.25, 0.3) is 0 Å². The molecule has 1 fully saturated rings. The van der Waals surface area contributed by atoms with Crippen molar-refractivity contribution < 1.29 is 28.5 Å². The van der Waals surface area contributed by atoms with E-state index in [2.05, 4.69) is 67.6 Å². The van der Waals surface area contributed by atoms with Crippen LogP contribution in [0.25, 0.3) is 0 Å². The lowest BCUT2D eigenvalue weighted by Gasteiger charge is -2.46. The zero-order chi connectivity index (χ0) is 37.2. The predicted octanol–water partition coefficient (Wildman–Crippen LogP) is 9.65. The Morgan fingerprint density at radius 1 is 0.648 bits per heavy atom. The average molecular weight is 737 g/mol. The van der Waals surface area contributed by atoms with Crippen molar-refractivity contribution in [2.75, 3.05) is 13.7 Å². The number of carbonyl (C=O) groups is 1. The van der Waals surface area contributed by atoms with E-state index in [4.69, 9.17) is 23.7 Å². The molecule has 1 heterocycles. The number of hydrogen-bond acceptors (Lipinski definition) is 7. The zero-order valence-corrected chi connectivity index (χ0v) is 31.2. The smallest absolute Gasteiger partial charge is 0.338 e. The van der Waals surface area contributed by atoms with E-state index in [0.717, 1.165) is 32.7 Å². The molecule has 6 nitrogen and oxygen atoms in total. The molecule has 0 unspecified atom stereocenters. The average Bonchev–Trinajstić information content (AvgIpc) is 3.24. The molecule has 5 atom stereocenters. The van der Waals surface area contributed by atoms with Gasteiger partial charge in [-0.15, -0.1) is 11.8 Å². The second-order valence-corrected chi connectivity index (χ2v) is 14.5. The highest BCUT2D eigenvalue weighted by Crippen LogP contribution is 2.43. The molecule has 0 radical (unpaired) electrons. The fourth-order valence-electron chi connectivity index (χ4n) is 6.94. The Kier molecular flexibility index (Phi) is 12.3. The molecule has 1 aliphatic heterocycles. The Balaban J connectivity index is 1.31. The summed E-state index contributed by atoms with van der Waals surface area (Å²) >= 11 is 1.58. The highest BCUT2D eigenvalue weighted by molar-refractivity contribution is 8.00. The Bertz CT molecular complexity index is 1930. The maximum absolute atomic E-state index is 13.9. The molecular formula is C47H44O6S. The molecule has 0 bridgehead atoms. The highest BCUT2D eigenvalue weighted by Gasteiger charge is 2.51. The van der Waals surface area contributed by atoms with Crippen LogP contribution in [-0.4, -0.2) is 49.5 Å². The Morgan fingerprint density at radius 2 is 1.15 bits per heavy atom. The standard InChI is InChI=1S/C47H44O6S/c1-34-28-30-40(31-29-34)54-44-41(33-51-47(37-22-12-5-13-23-37,38-24-14-6-15-25-38)39-26-16-7-17-27-39)52-46(49-2)43(50-32-35-18-8-3-9-19-35)42(44)53-45(48)36-20-10-4-11-21-36/h3-31,41-44,46H,32-33H2,1-2H3/t41-,42-,43-,44+,46+/m1/s1. The zero-order valence-electron chi connectivity index (χ0n) is 30.4. The number of rotatable bonds is 14. The first-order chi connectivity index (χ1) is 26.5. The molecule has 1 aliphatic rings. The molecular weight excluding hydrogens is 693 g/mol. The molecule has 0 spiro atoms. The molecule has 7 heteroatoms. The Morgan fingerprint density at radius 3 is 1.67 bits per heavy atom. The van der Waals surface area contributed by atoms with Crippen LogP contribution in [0.4, 0.5) is 0 Å². The van der Waals surface area contributed by atoms with Crippen molar-refractivity contribution in [2.24, 2.45) is 0 Å². The van der Waals surface area contributed by atoms with Gasteiger partial charge in [0, 0.05) is 12.0 Å². The van der Waals surface area contributed by atoms with E-state index < -0.39 is 41.4 Å². The van der Waals surface area contributed by atoms with Gasteiger partial charge in [0.2, 0.25) is 0 Å². The van der Waals surface area contributed by atoms with Gasteiger partial charge < -0.3 is 23.7 Å². The first-order valence-electron chi connectivity index (χ1n) is 18.2. The molecule has 0 aromatic heterocycles. The SMILES string of the molecule is CO[C@H]1O[C@H](COC(c2ccccc2)(c2ccccc2)c2ccccc2)[C@H](Sc2ccc(C)cc2)[C@H](OC(=O)c2ccccc2)[C@H]1OCc1ccccc1. The van der Waals surface area contributed by atoms with E-state index in [0.29, 0.717) is 5.56 Å². The minimum atomic E-state index is -0.994. The van der Waals surface area contributed by atoms with E-state index in [9.17, 15) is 4.79 Å². The molecule has 54 heavy (non-hydrogen) atoms. The number of ether oxygens (including phenoxy) is 5. The van der Waals surface area contributed by atoms with E-state index in [1.54, 1.807) is 31.0 Å². The van der Waals surface area contributed by atoms with Gasteiger partial charge in [-0.1, -0.05) is 157 Å². The van der Waals surface area contributed by atoms with Gasteiger partial charge in [-0.2, -0.15) is 0 Å². The van der Waals surface area contributed by atoms with Gasteiger partial charge in [0.05, 0.1) is 24.0 Å². The summed E-state index contributed by atoms with van der Waals surface area (Å²) in [6, 6.07) is 58.0. The maximum atomic E-state index is 13.9. The second-order valence-electron chi connectivity index (χ2n) is 13.3. The first-order valence-corrected chi connectivity index (χ1v) is 19.1. The summed E-state index contributed by atoms with van der Waals surface area (Å²) < 4.78 is 33.4. The quantitative estimate of drug-likeness (QED) is 0.0816. The van der Waals surface area contributed by atoms with Gasteiger partial charge in [-0.3, -0.25) is 0 Å². The van der Waals surface area contributed by atoms with Gasteiger partial charge in [-0.25, -0.2) is 4.79 Å². The monoisotopic (exact) mass is 736 g/mol. The van der Waals surface area contributed by atoms with Crippen LogP contribution in [0, 0.1) is 6.92 Å². The van der Waals surface area contributed by atoms with Crippen molar-refractivity contribution in [2.45, 2.75) is 53.9 Å². The minimum Gasteiger partial charge on any atom is -0.454 e. The van der Waals surface area contributed by atoms with Crippen molar-refractivity contribution in [3.63, 3.8) is 0 Å². The van der Waals surface area contributed by atoms with E-state index in [-0.39, 0.29) is 13.2 Å². The second kappa shape index (κ2) is 17.9. The molecule has 1 saturated heterocycles. The minimum absolute atomic E-state index is 0.132. The van der Waals surface area contributed by atoms with Crippen molar-refractivity contribution >= 4 is 17.7 Å². The van der Waals surface area contributed by atoms with Crippen LogP contribution in [-0.2, 0) is 35.9 Å². The van der Waals surface area contributed by atoms with Crippen molar-refractivity contribution in [3.05, 3.63) is 209 Å². The molecule has 6 aromatic rings. The van der Waals surface area contributed by atoms with Crippen LogP contribution in [0.5, 0.6) is 0 Å². The van der Waals surface area contributed by atoms with Gasteiger partial charge in [0.1, 0.15) is 23.9 Å². The van der Waals surface area contributed by atoms with Gasteiger partial charge >= 0.3 is 5.97 Å². The lowest BCUT2D eigenvalue weighted by atomic mass is 9.80. The third-order valence-electron chi connectivity index (χ3n) is 9.66. The normalized spacial score (nSPS) is 19.9. The topological polar surface area (TPSA) is 63.2 Å². The molecule has 0 N–H and O–H groups in total. The maximum Gasteiger partial charge on any atom is 0.338 e. The third-order valence-corrected chi connectivity index (χ3v) is 11.0. The summed E-state index contributed by atoms with van der Waals surface area (Å²) in [6.45, 7) is 2.47. The number of carbonyl (C=O) groups excluding carboxylic acids is 1. The summed E-state index contributed by atoms with van der Waals surface area (Å²) in [5, 5.41) is -0.465. The van der Waals surface area contributed by atoms with E-state index in [1.807, 2.05) is 103 Å². The van der Waals surface area contributed by atoms with Crippen LogP contribution in [0.3, 0.4) is 0 Å². The van der Waals surface area contributed by atoms with Crippen molar-refractivity contribution in [1.82, 2.24) is 0 Å². The number of methoxy groups -OCH3 is 1. The fraction of sp³-hybridized carbons (Fsp3) is 0.213. The number of hydrogen-bond donors (Lipinski definition) is 0. The van der Waals surface area contributed by atoms with Crippen LogP contribution < -0.4 is 0 Å². The van der Waals surface area contributed by atoms with E-state index >= 15 is 0 Å². The van der Waals surface area contributed by atoms with Crippen LogP contribution in [0.15, 0.2) is 181 Å². The largest absolute Gasteiger partial charge is 0.454 e. The van der Waals surface area contributed by atoms with Crippen LogP contribution in [0.1, 0.15) is 38.2 Å². The van der Waals surface area contributed by atoms with E-state index in [1.165, 1.54) is 0 Å². The van der Waals surface area contributed by atoms with Crippen LogP contribution >= 0.6 is 11.8 Å². The summed E-state index contributed by atoms with van der Waals surface area (Å²) in [4.78, 5) is 14.9. The van der Waals surface area contributed by atoms with Crippen molar-refractivity contribution in [1.29, 1.82) is 0 Å². The summed E-state index contributed by atoms with van der Waals surface area (Å²) in [7, 11) is 1.59. The molecule has 274 valence electrons. The van der Waals surface area contributed by atoms with Crippen molar-refractivity contribution in [3.8, 4) is 0 Å². The molecule has 0 saturated carbocycles. The first kappa shape index (κ1) is 37.3. The molecule has 0 amide bonds. The summed E-state index contributed by atoms with van der Waals surface area (Å²) in [5.41, 5.74) is 4.50. The summed E-state index contributed by atoms with van der Waals surface area (Å²) in [6.07, 6.45) is -3.03. The fourth-order valence-corrected chi connectivity index (χ4v) is 8.18. The van der Waals surface area contributed by atoms with Gasteiger partial charge in [0.15, 0.2) is 6.29 Å². The number of thioether (sulfide) groups is 1. The Labute approximate surface area is 322 Å². The molecule has 7 rings (SSSR count). The Hall–Kier alpha value is -5.02. The lowest BCUT2D eigenvalue weighted by molar-refractivity contribution is -0.277. The number of aryl methyl sites for hydroxylation is 1. The number of esters is 1. The van der Waals surface area contributed by atoms with Gasteiger partial charge in [-0.05, 0) is 53.4 Å². The molecule has 0 aliphatic carbocycles. The number of benzene rings is 6. The predicted molar refractivity (Wildman–Crippen MR) is 212 cm³/mol. The lowest BCUT2D eigenvalue weighted by Crippen LogP contribution is -2.60.